The molecule has 0 saturated carbocycles. The first-order valence-corrected chi connectivity index (χ1v) is 5.71. The molecule has 0 amide bonds. The smallest absolute Gasteiger partial charge is 0.172 e. The van der Waals surface area contributed by atoms with E-state index in [1.54, 1.807) is 10.7 Å². The molecule has 0 fully saturated rings. The molecule has 0 atom stereocenters. The summed E-state index contributed by atoms with van der Waals surface area (Å²) in [6, 6.07) is 7.34. The highest BCUT2D eigenvalue weighted by Crippen LogP contribution is 2.20. The summed E-state index contributed by atoms with van der Waals surface area (Å²) < 4.78 is 2.59. The topological polar surface area (TPSA) is 76.4 Å². The number of rotatable bonds is 2. The molecule has 2 aromatic rings. The number of benzene rings is 1. The number of hydrogen-bond acceptors (Lipinski definition) is 3. The van der Waals surface area contributed by atoms with Crippen molar-refractivity contribution in [3.05, 3.63) is 46.2 Å². The number of hydrogen-bond donors (Lipinski definition) is 2. The highest BCUT2D eigenvalue weighted by molar-refractivity contribution is 9.10. The molecule has 3 N–H and O–H groups in total. The van der Waals surface area contributed by atoms with Crippen LogP contribution in [0, 0.1) is 6.92 Å². The summed E-state index contributed by atoms with van der Waals surface area (Å²) in [6.45, 7) is 1.90. The van der Waals surface area contributed by atoms with Gasteiger partial charge in [-0.2, -0.15) is 5.10 Å². The predicted octanol–water partition coefficient (Wildman–Crippen LogP) is 2.04. The van der Waals surface area contributed by atoms with Gasteiger partial charge in [-0.25, -0.2) is 4.68 Å². The molecule has 0 unspecified atom stereocenters. The summed E-state index contributed by atoms with van der Waals surface area (Å²) in [5.74, 6) is 0.0562. The molecule has 0 bridgehead atoms. The zero-order chi connectivity index (χ0) is 12.4. The van der Waals surface area contributed by atoms with Gasteiger partial charge in [-0.15, -0.1) is 0 Å². The highest BCUT2D eigenvalue weighted by Gasteiger charge is 2.10. The monoisotopic (exact) mass is 294 g/mol. The van der Waals surface area contributed by atoms with E-state index in [9.17, 15) is 0 Å². The van der Waals surface area contributed by atoms with E-state index >= 15 is 0 Å². The van der Waals surface area contributed by atoms with Gasteiger partial charge in [0.2, 0.25) is 0 Å². The first kappa shape index (κ1) is 11.7. The predicted molar refractivity (Wildman–Crippen MR) is 68.5 cm³/mol. The van der Waals surface area contributed by atoms with Gasteiger partial charge >= 0.3 is 0 Å². The zero-order valence-corrected chi connectivity index (χ0v) is 10.7. The molecular formula is C11H11BrN4O. The van der Waals surface area contributed by atoms with Gasteiger partial charge in [-0.3, -0.25) is 0 Å². The molecule has 1 aromatic heterocycles. The second-order valence-corrected chi connectivity index (χ2v) is 4.46. The van der Waals surface area contributed by atoms with Gasteiger partial charge in [0.05, 0.1) is 11.4 Å². The Morgan fingerprint density at radius 3 is 2.82 bits per heavy atom. The maximum absolute atomic E-state index is 8.76. The van der Waals surface area contributed by atoms with E-state index in [-0.39, 0.29) is 5.84 Å². The molecule has 5 nitrogen and oxygen atoms in total. The Balaban J connectivity index is 2.62. The van der Waals surface area contributed by atoms with Crippen molar-refractivity contribution in [2.45, 2.75) is 6.92 Å². The lowest BCUT2D eigenvalue weighted by atomic mass is 10.1. The minimum Gasteiger partial charge on any atom is -0.409 e. The van der Waals surface area contributed by atoms with Crippen LogP contribution in [0.3, 0.4) is 0 Å². The van der Waals surface area contributed by atoms with Gasteiger partial charge in [0.1, 0.15) is 0 Å². The Hall–Kier alpha value is -1.82. The van der Waals surface area contributed by atoms with Gasteiger partial charge in [-0.1, -0.05) is 21.1 Å². The van der Waals surface area contributed by atoms with Gasteiger partial charge in [0.15, 0.2) is 5.84 Å². The van der Waals surface area contributed by atoms with Crippen molar-refractivity contribution in [1.82, 2.24) is 9.78 Å². The van der Waals surface area contributed by atoms with Crippen molar-refractivity contribution in [3.63, 3.8) is 0 Å². The third-order valence-electron chi connectivity index (χ3n) is 2.31. The molecule has 0 saturated heterocycles. The Morgan fingerprint density at radius 1 is 1.47 bits per heavy atom. The van der Waals surface area contributed by atoms with Crippen LogP contribution in [0.1, 0.15) is 11.3 Å². The van der Waals surface area contributed by atoms with Crippen LogP contribution >= 0.6 is 15.9 Å². The van der Waals surface area contributed by atoms with Gasteiger partial charge < -0.3 is 10.9 Å². The maximum atomic E-state index is 8.76. The molecular weight excluding hydrogens is 284 g/mol. The summed E-state index contributed by atoms with van der Waals surface area (Å²) in [5.41, 5.74) is 7.91. The zero-order valence-electron chi connectivity index (χ0n) is 9.13. The molecule has 0 radical (unpaired) electrons. The van der Waals surface area contributed by atoms with E-state index in [0.29, 0.717) is 5.56 Å². The fraction of sp³-hybridized carbons (Fsp3) is 0.0909. The minimum absolute atomic E-state index is 0.0562. The largest absolute Gasteiger partial charge is 0.409 e. The average Bonchev–Trinajstić information content (AvgIpc) is 2.75. The molecule has 0 aliphatic heterocycles. The lowest BCUT2D eigenvalue weighted by Gasteiger charge is -2.08. The van der Waals surface area contributed by atoms with Crippen LogP contribution in [0.4, 0.5) is 0 Å². The molecule has 1 aromatic carbocycles. The van der Waals surface area contributed by atoms with E-state index in [4.69, 9.17) is 10.9 Å². The number of amidine groups is 1. The number of oxime groups is 1. The van der Waals surface area contributed by atoms with Crippen molar-refractivity contribution in [3.8, 4) is 5.69 Å². The van der Waals surface area contributed by atoms with Crippen molar-refractivity contribution in [2.24, 2.45) is 10.9 Å². The third-order valence-corrected chi connectivity index (χ3v) is 2.81. The summed E-state index contributed by atoms with van der Waals surface area (Å²) in [4.78, 5) is 0. The van der Waals surface area contributed by atoms with E-state index < -0.39 is 0 Å². The molecule has 2 rings (SSSR count). The normalized spacial score (nSPS) is 11.8. The minimum atomic E-state index is 0.0562. The summed E-state index contributed by atoms with van der Waals surface area (Å²) in [5, 5.41) is 16.1. The Kier molecular flexibility index (Phi) is 3.14. The van der Waals surface area contributed by atoms with Crippen LogP contribution in [0.2, 0.25) is 0 Å². The summed E-state index contributed by atoms with van der Waals surface area (Å²) in [6.07, 6.45) is 1.82. The van der Waals surface area contributed by atoms with Crippen molar-refractivity contribution in [2.75, 3.05) is 0 Å². The first-order chi connectivity index (χ1) is 8.11. The Bertz CT molecular complexity index is 577. The van der Waals surface area contributed by atoms with Crippen LogP contribution in [-0.4, -0.2) is 20.8 Å². The van der Waals surface area contributed by atoms with Gasteiger partial charge in [0, 0.05) is 16.2 Å². The fourth-order valence-electron chi connectivity index (χ4n) is 1.51. The van der Waals surface area contributed by atoms with E-state index in [0.717, 1.165) is 15.9 Å². The highest BCUT2D eigenvalue weighted by atomic mass is 79.9. The number of nitrogens with two attached hydrogens (primary N) is 1. The lowest BCUT2D eigenvalue weighted by Crippen LogP contribution is -2.16. The van der Waals surface area contributed by atoms with Gasteiger partial charge in [-0.05, 0) is 31.2 Å². The molecule has 0 spiro atoms. The molecule has 1 heterocycles. The van der Waals surface area contributed by atoms with Crippen LogP contribution in [0.25, 0.3) is 5.69 Å². The second-order valence-electron chi connectivity index (χ2n) is 3.55. The quantitative estimate of drug-likeness (QED) is 0.385. The fourth-order valence-corrected chi connectivity index (χ4v) is 1.86. The molecule has 0 aliphatic carbocycles. The average molecular weight is 295 g/mol. The van der Waals surface area contributed by atoms with Crippen LogP contribution in [0.5, 0.6) is 0 Å². The van der Waals surface area contributed by atoms with Crippen molar-refractivity contribution in [1.29, 1.82) is 0 Å². The number of aryl methyl sites for hydroxylation is 1. The Labute approximate surface area is 107 Å². The van der Waals surface area contributed by atoms with Crippen LogP contribution in [0.15, 0.2) is 40.1 Å². The van der Waals surface area contributed by atoms with Crippen molar-refractivity contribution < 1.29 is 5.21 Å². The number of aromatic nitrogens is 2. The van der Waals surface area contributed by atoms with Crippen LogP contribution < -0.4 is 5.73 Å². The molecule has 17 heavy (non-hydrogen) atoms. The van der Waals surface area contributed by atoms with E-state index in [2.05, 4.69) is 26.2 Å². The number of halogens is 1. The standard InChI is InChI=1S/C11H11BrN4O/c1-7-4-5-16(14-7)10-6-8(12)2-3-9(10)11(13)15-17/h2-6,17H,1H3,(H2,13,15). The second kappa shape index (κ2) is 4.58. The van der Waals surface area contributed by atoms with Crippen molar-refractivity contribution >= 4 is 21.8 Å². The number of nitrogens with zero attached hydrogens (tertiary/aromatic N) is 3. The first-order valence-electron chi connectivity index (χ1n) is 4.92. The summed E-state index contributed by atoms with van der Waals surface area (Å²) >= 11 is 3.39. The SMILES string of the molecule is Cc1ccn(-c2cc(Br)ccc2/C(N)=N/O)n1. The van der Waals surface area contributed by atoms with Gasteiger partial charge in [0.25, 0.3) is 0 Å². The molecule has 6 heteroatoms. The lowest BCUT2D eigenvalue weighted by molar-refractivity contribution is 0.318. The van der Waals surface area contributed by atoms with E-state index in [1.165, 1.54) is 0 Å². The van der Waals surface area contributed by atoms with E-state index in [1.807, 2.05) is 31.3 Å². The molecule has 0 aliphatic rings. The Morgan fingerprint density at radius 2 is 2.24 bits per heavy atom. The summed E-state index contributed by atoms with van der Waals surface area (Å²) in [7, 11) is 0. The maximum Gasteiger partial charge on any atom is 0.172 e. The third kappa shape index (κ3) is 2.31. The van der Waals surface area contributed by atoms with Crippen LogP contribution in [-0.2, 0) is 0 Å². The molecule has 88 valence electrons.